The van der Waals surface area contributed by atoms with Gasteiger partial charge in [0.05, 0.1) is 12.0 Å². The zero-order chi connectivity index (χ0) is 11.6. The van der Waals surface area contributed by atoms with E-state index in [4.69, 9.17) is 5.11 Å². The summed E-state index contributed by atoms with van der Waals surface area (Å²) in [4.78, 5) is 24.2. The maximum atomic E-state index is 12.4. The van der Waals surface area contributed by atoms with E-state index >= 15 is 0 Å². The molecule has 0 bridgehead atoms. The van der Waals surface area contributed by atoms with Crippen LogP contribution < -0.4 is 5.43 Å². The van der Waals surface area contributed by atoms with Gasteiger partial charge in [0.1, 0.15) is 0 Å². The van der Waals surface area contributed by atoms with E-state index in [1.54, 1.807) is 0 Å². The minimum absolute atomic E-state index is 0.0594. The van der Waals surface area contributed by atoms with Gasteiger partial charge >= 0.3 is 5.97 Å². The zero-order valence-corrected chi connectivity index (χ0v) is 7.88. The predicted octanol–water partition coefficient (Wildman–Crippen LogP) is 1.25. The number of aromatic amines is 1. The van der Waals surface area contributed by atoms with Crippen LogP contribution in [0.3, 0.4) is 0 Å². The standard InChI is InChI=1S/C9H9F2NO3/c1-4-7(9(10)11)8(15)5(3-12-4)2-6(13)14/h3,9H,2H2,1H3,(H,12,15)(H,13,14). The van der Waals surface area contributed by atoms with Gasteiger partial charge in [-0.3, -0.25) is 9.59 Å². The number of hydrogen-bond donors (Lipinski definition) is 2. The van der Waals surface area contributed by atoms with E-state index in [0.717, 1.165) is 6.20 Å². The molecule has 0 aliphatic carbocycles. The van der Waals surface area contributed by atoms with Gasteiger partial charge in [-0.05, 0) is 6.92 Å². The summed E-state index contributed by atoms with van der Waals surface area (Å²) in [6, 6.07) is 0. The molecule has 0 aliphatic heterocycles. The second-order valence-corrected chi connectivity index (χ2v) is 3.05. The van der Waals surface area contributed by atoms with E-state index in [-0.39, 0.29) is 11.3 Å². The van der Waals surface area contributed by atoms with Crippen LogP contribution in [0.5, 0.6) is 0 Å². The van der Waals surface area contributed by atoms with Crippen molar-refractivity contribution < 1.29 is 18.7 Å². The van der Waals surface area contributed by atoms with Crippen LogP contribution in [-0.2, 0) is 11.2 Å². The smallest absolute Gasteiger partial charge is 0.308 e. The zero-order valence-electron chi connectivity index (χ0n) is 7.88. The van der Waals surface area contributed by atoms with Gasteiger partial charge in [-0.15, -0.1) is 0 Å². The van der Waals surface area contributed by atoms with Crippen LogP contribution in [0, 0.1) is 6.92 Å². The Morgan fingerprint density at radius 3 is 2.67 bits per heavy atom. The van der Waals surface area contributed by atoms with Crippen molar-refractivity contribution in [2.75, 3.05) is 0 Å². The lowest BCUT2D eigenvalue weighted by atomic mass is 10.1. The van der Waals surface area contributed by atoms with Crippen LogP contribution in [0.2, 0.25) is 0 Å². The van der Waals surface area contributed by atoms with E-state index in [2.05, 4.69) is 4.98 Å². The number of carboxylic acid groups (broad SMARTS) is 1. The average Bonchev–Trinajstić information content (AvgIpc) is 2.09. The SMILES string of the molecule is Cc1[nH]cc(CC(=O)O)c(=O)c1C(F)F. The number of aliphatic carboxylic acids is 1. The van der Waals surface area contributed by atoms with E-state index < -0.39 is 29.8 Å². The molecule has 0 aromatic carbocycles. The molecule has 0 aliphatic rings. The fraction of sp³-hybridized carbons (Fsp3) is 0.333. The Kier molecular flexibility index (Phi) is 3.18. The molecule has 0 atom stereocenters. The van der Waals surface area contributed by atoms with Crippen LogP contribution in [-0.4, -0.2) is 16.1 Å². The molecule has 0 fully saturated rings. The number of aryl methyl sites for hydroxylation is 1. The van der Waals surface area contributed by atoms with Gasteiger partial charge < -0.3 is 10.1 Å². The second-order valence-electron chi connectivity index (χ2n) is 3.05. The molecule has 1 rings (SSSR count). The van der Waals surface area contributed by atoms with Crippen molar-refractivity contribution in [3.63, 3.8) is 0 Å². The van der Waals surface area contributed by atoms with Crippen molar-refractivity contribution in [2.24, 2.45) is 0 Å². The molecule has 0 amide bonds. The molecule has 0 spiro atoms. The highest BCUT2D eigenvalue weighted by Gasteiger charge is 2.18. The Hall–Kier alpha value is -1.72. The van der Waals surface area contributed by atoms with E-state index in [1.165, 1.54) is 6.92 Å². The Morgan fingerprint density at radius 1 is 1.60 bits per heavy atom. The number of carboxylic acids is 1. The summed E-state index contributed by atoms with van der Waals surface area (Å²) in [5.41, 5.74) is -1.66. The van der Waals surface area contributed by atoms with Crippen molar-refractivity contribution >= 4 is 5.97 Å². The number of H-pyrrole nitrogens is 1. The van der Waals surface area contributed by atoms with Crippen molar-refractivity contribution in [3.05, 3.63) is 33.2 Å². The number of rotatable bonds is 3. The summed E-state index contributed by atoms with van der Waals surface area (Å²) in [6.07, 6.45) is -2.31. The molecule has 4 nitrogen and oxygen atoms in total. The Labute approximate surface area is 83.6 Å². The summed E-state index contributed by atoms with van der Waals surface area (Å²) >= 11 is 0. The number of carbonyl (C=O) groups is 1. The van der Waals surface area contributed by atoms with Crippen molar-refractivity contribution in [2.45, 2.75) is 19.8 Å². The highest BCUT2D eigenvalue weighted by Crippen LogP contribution is 2.17. The largest absolute Gasteiger partial charge is 0.481 e. The van der Waals surface area contributed by atoms with Crippen LogP contribution in [0.4, 0.5) is 8.78 Å². The van der Waals surface area contributed by atoms with Gasteiger partial charge in [0.2, 0.25) is 0 Å². The monoisotopic (exact) mass is 217 g/mol. The molecule has 1 aromatic heterocycles. The van der Waals surface area contributed by atoms with Crippen LogP contribution >= 0.6 is 0 Å². The molecular weight excluding hydrogens is 208 g/mol. The number of halogens is 2. The quantitative estimate of drug-likeness (QED) is 0.800. The van der Waals surface area contributed by atoms with Crippen LogP contribution in [0.25, 0.3) is 0 Å². The fourth-order valence-electron chi connectivity index (χ4n) is 1.24. The number of hydrogen-bond acceptors (Lipinski definition) is 2. The van der Waals surface area contributed by atoms with Gasteiger partial charge in [-0.1, -0.05) is 0 Å². The minimum Gasteiger partial charge on any atom is -0.481 e. The van der Waals surface area contributed by atoms with Gasteiger partial charge in [0, 0.05) is 17.5 Å². The third-order valence-electron chi connectivity index (χ3n) is 1.96. The maximum absolute atomic E-state index is 12.4. The number of nitrogens with one attached hydrogen (secondary N) is 1. The lowest BCUT2D eigenvalue weighted by Gasteiger charge is -2.05. The van der Waals surface area contributed by atoms with Gasteiger partial charge in [0.15, 0.2) is 5.43 Å². The molecule has 15 heavy (non-hydrogen) atoms. The first-order valence-corrected chi connectivity index (χ1v) is 4.14. The van der Waals surface area contributed by atoms with Crippen molar-refractivity contribution in [1.29, 1.82) is 0 Å². The summed E-state index contributed by atoms with van der Waals surface area (Å²) in [5.74, 6) is -1.23. The predicted molar refractivity (Wildman–Crippen MR) is 48.1 cm³/mol. The third-order valence-corrected chi connectivity index (χ3v) is 1.96. The van der Waals surface area contributed by atoms with Crippen molar-refractivity contribution in [1.82, 2.24) is 4.98 Å². The highest BCUT2D eigenvalue weighted by atomic mass is 19.3. The topological polar surface area (TPSA) is 70.2 Å². The van der Waals surface area contributed by atoms with Gasteiger partial charge in [0.25, 0.3) is 6.43 Å². The first-order chi connectivity index (χ1) is 6.93. The highest BCUT2D eigenvalue weighted by molar-refractivity contribution is 5.70. The maximum Gasteiger partial charge on any atom is 0.308 e. The molecule has 0 saturated carbocycles. The Bertz CT molecular complexity index is 439. The summed E-state index contributed by atoms with van der Waals surface area (Å²) in [5, 5.41) is 8.45. The Morgan fingerprint density at radius 2 is 2.20 bits per heavy atom. The molecule has 1 aromatic rings. The van der Waals surface area contributed by atoms with E-state index in [0.29, 0.717) is 0 Å². The van der Waals surface area contributed by atoms with Crippen molar-refractivity contribution in [3.8, 4) is 0 Å². The normalized spacial score (nSPS) is 10.7. The average molecular weight is 217 g/mol. The molecule has 0 saturated heterocycles. The summed E-state index contributed by atoms with van der Waals surface area (Å²) < 4.78 is 24.9. The molecule has 6 heteroatoms. The van der Waals surface area contributed by atoms with E-state index in [1.807, 2.05) is 0 Å². The molecule has 1 heterocycles. The first-order valence-electron chi connectivity index (χ1n) is 4.14. The molecule has 0 radical (unpaired) electrons. The molecule has 2 N–H and O–H groups in total. The van der Waals surface area contributed by atoms with Crippen LogP contribution in [0.1, 0.15) is 23.2 Å². The van der Waals surface area contributed by atoms with Crippen LogP contribution in [0.15, 0.2) is 11.0 Å². The number of aromatic nitrogens is 1. The minimum atomic E-state index is -2.90. The molecular formula is C9H9F2NO3. The number of alkyl halides is 2. The summed E-state index contributed by atoms with van der Waals surface area (Å²) in [7, 11) is 0. The Balaban J connectivity index is 3.29. The number of pyridine rings is 1. The lowest BCUT2D eigenvalue weighted by Crippen LogP contribution is -2.20. The fourth-order valence-corrected chi connectivity index (χ4v) is 1.24. The van der Waals surface area contributed by atoms with E-state index in [9.17, 15) is 18.4 Å². The third kappa shape index (κ3) is 2.39. The first kappa shape index (κ1) is 11.4. The van der Waals surface area contributed by atoms with Gasteiger partial charge in [-0.25, -0.2) is 8.78 Å². The lowest BCUT2D eigenvalue weighted by molar-refractivity contribution is -0.136. The summed E-state index contributed by atoms with van der Waals surface area (Å²) in [6.45, 7) is 1.34. The second kappa shape index (κ2) is 4.20. The van der Waals surface area contributed by atoms with Gasteiger partial charge in [-0.2, -0.15) is 0 Å². The molecule has 82 valence electrons. The molecule has 0 unspecified atom stereocenters.